The van der Waals surface area contributed by atoms with Crippen LogP contribution in [0.25, 0.3) is 0 Å². The lowest BCUT2D eigenvalue weighted by atomic mass is 10.2. The van der Waals surface area contributed by atoms with Crippen LogP contribution in [0.4, 0.5) is 0 Å². The van der Waals surface area contributed by atoms with Gasteiger partial charge in [0.1, 0.15) is 11.5 Å². The van der Waals surface area contributed by atoms with Crippen LogP contribution in [0.1, 0.15) is 36.4 Å². The zero-order valence-electron chi connectivity index (χ0n) is 11.8. The highest BCUT2D eigenvalue weighted by Gasteiger charge is 2.08. The molecule has 0 unspecified atom stereocenters. The molecule has 1 amide bonds. The topological polar surface area (TPSA) is 51.5 Å². The van der Waals surface area contributed by atoms with Gasteiger partial charge in [0, 0.05) is 5.56 Å². The lowest BCUT2D eigenvalue weighted by molar-refractivity contribution is 0.0947. The molecule has 0 aliphatic heterocycles. The van der Waals surface area contributed by atoms with Crippen LogP contribution < -0.4 is 10.1 Å². The Kier molecular flexibility index (Phi) is 4.82. The molecule has 2 rings (SSSR count). The van der Waals surface area contributed by atoms with Crippen LogP contribution in [0.15, 0.2) is 47.1 Å². The Balaban J connectivity index is 1.97. The zero-order valence-corrected chi connectivity index (χ0v) is 11.8. The van der Waals surface area contributed by atoms with Crippen molar-refractivity contribution in [1.82, 2.24) is 5.32 Å². The molecule has 4 heteroatoms. The predicted octanol–water partition coefficient (Wildman–Crippen LogP) is 3.39. The molecule has 1 heterocycles. The molecule has 0 aliphatic carbocycles. The molecule has 0 fully saturated rings. The molecule has 2 aromatic rings. The number of rotatable bonds is 6. The summed E-state index contributed by atoms with van der Waals surface area (Å²) in [6, 6.07) is 10.8. The Labute approximate surface area is 118 Å². The Bertz CT molecular complexity index is 549. The van der Waals surface area contributed by atoms with E-state index in [1.807, 2.05) is 25.1 Å². The number of ether oxygens (including phenoxy) is 1. The number of furan rings is 1. The lowest BCUT2D eigenvalue weighted by Crippen LogP contribution is -2.22. The maximum atomic E-state index is 12.0. The van der Waals surface area contributed by atoms with Gasteiger partial charge in [-0.25, -0.2) is 0 Å². The standard InChI is InChI=1S/C16H19NO3/c1-3-12(2)20-14-7-4-6-13(10-14)16(18)17-11-15-8-5-9-19-15/h4-10,12H,3,11H2,1-2H3,(H,17,18)/t12-/m0/s1. The highest BCUT2D eigenvalue weighted by atomic mass is 16.5. The first-order chi connectivity index (χ1) is 9.69. The summed E-state index contributed by atoms with van der Waals surface area (Å²) < 4.78 is 10.9. The molecule has 0 saturated carbocycles. The van der Waals surface area contributed by atoms with Crippen LogP contribution in [-0.4, -0.2) is 12.0 Å². The summed E-state index contributed by atoms with van der Waals surface area (Å²) in [5.41, 5.74) is 0.581. The van der Waals surface area contributed by atoms with Crippen molar-refractivity contribution in [2.24, 2.45) is 0 Å². The van der Waals surface area contributed by atoms with E-state index in [0.717, 1.165) is 12.2 Å². The van der Waals surface area contributed by atoms with Crippen LogP contribution >= 0.6 is 0 Å². The van der Waals surface area contributed by atoms with Gasteiger partial charge in [0.25, 0.3) is 5.91 Å². The van der Waals surface area contributed by atoms with Gasteiger partial charge in [-0.15, -0.1) is 0 Å². The number of amides is 1. The Morgan fingerprint density at radius 2 is 2.20 bits per heavy atom. The SMILES string of the molecule is CC[C@H](C)Oc1cccc(C(=O)NCc2ccco2)c1. The molecule has 0 spiro atoms. The smallest absolute Gasteiger partial charge is 0.251 e. The number of carbonyl (C=O) groups excluding carboxylic acids is 1. The van der Waals surface area contributed by atoms with Crippen molar-refractivity contribution < 1.29 is 13.9 Å². The monoisotopic (exact) mass is 273 g/mol. The first-order valence-corrected chi connectivity index (χ1v) is 6.76. The molecule has 4 nitrogen and oxygen atoms in total. The maximum Gasteiger partial charge on any atom is 0.251 e. The minimum Gasteiger partial charge on any atom is -0.491 e. The van der Waals surface area contributed by atoms with E-state index < -0.39 is 0 Å². The van der Waals surface area contributed by atoms with Crippen LogP contribution in [0, 0.1) is 0 Å². The predicted molar refractivity (Wildman–Crippen MR) is 76.7 cm³/mol. The molecule has 0 radical (unpaired) electrons. The molecule has 1 aromatic heterocycles. The van der Waals surface area contributed by atoms with E-state index in [-0.39, 0.29) is 12.0 Å². The van der Waals surface area contributed by atoms with Gasteiger partial charge in [0.15, 0.2) is 0 Å². The fourth-order valence-electron chi connectivity index (χ4n) is 1.71. The quantitative estimate of drug-likeness (QED) is 0.877. The first-order valence-electron chi connectivity index (χ1n) is 6.76. The summed E-state index contributed by atoms with van der Waals surface area (Å²) in [6.45, 7) is 4.44. The summed E-state index contributed by atoms with van der Waals surface area (Å²) in [5, 5.41) is 2.81. The third kappa shape index (κ3) is 3.88. The van der Waals surface area contributed by atoms with Crippen molar-refractivity contribution in [2.45, 2.75) is 32.9 Å². The van der Waals surface area contributed by atoms with Crippen molar-refractivity contribution in [3.8, 4) is 5.75 Å². The van der Waals surface area contributed by atoms with Crippen LogP contribution in [-0.2, 0) is 6.54 Å². The Morgan fingerprint density at radius 3 is 2.90 bits per heavy atom. The second-order valence-corrected chi connectivity index (χ2v) is 4.63. The van der Waals surface area contributed by atoms with Crippen molar-refractivity contribution in [1.29, 1.82) is 0 Å². The third-order valence-corrected chi connectivity index (χ3v) is 3.01. The minimum atomic E-state index is -0.143. The summed E-state index contributed by atoms with van der Waals surface area (Å²) in [7, 11) is 0. The summed E-state index contributed by atoms with van der Waals surface area (Å²) in [6.07, 6.45) is 2.65. The highest BCUT2D eigenvalue weighted by molar-refractivity contribution is 5.94. The first kappa shape index (κ1) is 14.2. The largest absolute Gasteiger partial charge is 0.491 e. The minimum absolute atomic E-state index is 0.136. The van der Waals surface area contributed by atoms with Crippen molar-refractivity contribution in [3.63, 3.8) is 0 Å². The lowest BCUT2D eigenvalue weighted by Gasteiger charge is -2.13. The zero-order chi connectivity index (χ0) is 14.4. The van der Waals surface area contributed by atoms with E-state index in [1.165, 1.54) is 0 Å². The molecule has 106 valence electrons. The van der Waals surface area contributed by atoms with Gasteiger partial charge in [-0.3, -0.25) is 4.79 Å². The Morgan fingerprint density at radius 1 is 1.35 bits per heavy atom. The van der Waals surface area contributed by atoms with Crippen molar-refractivity contribution in [2.75, 3.05) is 0 Å². The summed E-state index contributed by atoms with van der Waals surface area (Å²) in [4.78, 5) is 12.0. The van der Waals surface area contributed by atoms with Crippen molar-refractivity contribution in [3.05, 3.63) is 54.0 Å². The van der Waals surface area contributed by atoms with Crippen LogP contribution in [0.2, 0.25) is 0 Å². The second kappa shape index (κ2) is 6.80. The normalized spacial score (nSPS) is 11.9. The number of hydrogen-bond acceptors (Lipinski definition) is 3. The maximum absolute atomic E-state index is 12.0. The summed E-state index contributed by atoms with van der Waals surface area (Å²) >= 11 is 0. The molecular formula is C16H19NO3. The average molecular weight is 273 g/mol. The van der Waals surface area contributed by atoms with Gasteiger partial charge < -0.3 is 14.5 Å². The molecule has 0 aliphatic rings. The molecule has 1 aromatic carbocycles. The fourth-order valence-corrected chi connectivity index (χ4v) is 1.71. The molecule has 0 bridgehead atoms. The Hall–Kier alpha value is -2.23. The van der Waals surface area contributed by atoms with Gasteiger partial charge in [-0.2, -0.15) is 0 Å². The molecular weight excluding hydrogens is 254 g/mol. The molecule has 1 N–H and O–H groups in total. The van der Waals surface area contributed by atoms with Gasteiger partial charge in [0.05, 0.1) is 18.9 Å². The van der Waals surface area contributed by atoms with E-state index in [4.69, 9.17) is 9.15 Å². The average Bonchev–Trinajstić information content (AvgIpc) is 2.98. The van der Waals surface area contributed by atoms with Gasteiger partial charge in [-0.05, 0) is 43.7 Å². The van der Waals surface area contributed by atoms with E-state index in [0.29, 0.717) is 17.9 Å². The highest BCUT2D eigenvalue weighted by Crippen LogP contribution is 2.16. The number of hydrogen-bond donors (Lipinski definition) is 1. The second-order valence-electron chi connectivity index (χ2n) is 4.63. The van der Waals surface area contributed by atoms with E-state index >= 15 is 0 Å². The van der Waals surface area contributed by atoms with Crippen LogP contribution in [0.3, 0.4) is 0 Å². The molecule has 0 saturated heterocycles. The van der Waals surface area contributed by atoms with Crippen LogP contribution in [0.5, 0.6) is 5.75 Å². The number of carbonyl (C=O) groups is 1. The van der Waals surface area contributed by atoms with Gasteiger partial charge in [0.2, 0.25) is 0 Å². The third-order valence-electron chi connectivity index (χ3n) is 3.01. The fraction of sp³-hybridized carbons (Fsp3) is 0.312. The molecule has 1 atom stereocenters. The molecule has 20 heavy (non-hydrogen) atoms. The van der Waals surface area contributed by atoms with E-state index in [9.17, 15) is 4.79 Å². The van der Waals surface area contributed by atoms with Gasteiger partial charge >= 0.3 is 0 Å². The summed E-state index contributed by atoms with van der Waals surface area (Å²) in [5.74, 6) is 1.30. The number of benzene rings is 1. The number of nitrogens with one attached hydrogen (secondary N) is 1. The van der Waals surface area contributed by atoms with E-state index in [2.05, 4.69) is 12.2 Å². The van der Waals surface area contributed by atoms with E-state index in [1.54, 1.807) is 24.5 Å². The van der Waals surface area contributed by atoms with Crippen molar-refractivity contribution >= 4 is 5.91 Å². The van der Waals surface area contributed by atoms with Gasteiger partial charge in [-0.1, -0.05) is 13.0 Å².